The van der Waals surface area contributed by atoms with Crippen molar-refractivity contribution in [1.29, 1.82) is 0 Å². The highest BCUT2D eigenvalue weighted by Gasteiger charge is 2.14. The Morgan fingerprint density at radius 3 is 3.23 bits per heavy atom. The van der Waals surface area contributed by atoms with Gasteiger partial charge in [-0.3, -0.25) is 0 Å². The second-order valence-electron chi connectivity index (χ2n) is 3.07. The minimum atomic E-state index is -0.421. The lowest BCUT2D eigenvalue weighted by Gasteiger charge is -2.11. The lowest BCUT2D eigenvalue weighted by molar-refractivity contribution is 0.584. The van der Waals surface area contributed by atoms with E-state index in [1.54, 1.807) is 6.07 Å². The molecule has 0 aromatic carbocycles. The van der Waals surface area contributed by atoms with E-state index in [9.17, 15) is 4.39 Å². The number of pyridine rings is 1. The summed E-state index contributed by atoms with van der Waals surface area (Å²) in [7, 11) is 0. The van der Waals surface area contributed by atoms with Crippen molar-refractivity contribution in [3.8, 4) is 0 Å². The van der Waals surface area contributed by atoms with Crippen molar-refractivity contribution in [2.24, 2.45) is 0 Å². The van der Waals surface area contributed by atoms with Crippen molar-refractivity contribution in [3.63, 3.8) is 0 Å². The second kappa shape index (κ2) is 3.96. The first-order valence-corrected chi connectivity index (χ1v) is 5.46. The average Bonchev–Trinajstić information content (AvgIpc) is 2.57. The molecule has 1 aliphatic rings. The van der Waals surface area contributed by atoms with Gasteiger partial charge in [-0.05, 0) is 18.2 Å². The fourth-order valence-electron chi connectivity index (χ4n) is 1.38. The molecule has 0 bridgehead atoms. The monoisotopic (exact) mass is 198 g/mol. The van der Waals surface area contributed by atoms with Crippen LogP contribution in [0.1, 0.15) is 6.42 Å². The van der Waals surface area contributed by atoms with E-state index >= 15 is 0 Å². The minimum Gasteiger partial charge on any atom is -0.381 e. The highest BCUT2D eigenvalue weighted by Crippen LogP contribution is 2.21. The first kappa shape index (κ1) is 8.81. The summed E-state index contributed by atoms with van der Waals surface area (Å²) in [4.78, 5) is 3.50. The molecule has 1 aliphatic heterocycles. The van der Waals surface area contributed by atoms with E-state index in [0.717, 1.165) is 17.9 Å². The van der Waals surface area contributed by atoms with Crippen LogP contribution >= 0.6 is 11.8 Å². The Kier molecular flexibility index (Phi) is 2.68. The Morgan fingerprint density at radius 1 is 1.62 bits per heavy atom. The smallest absolute Gasteiger partial charge is 0.214 e. The molecule has 1 atom stereocenters. The van der Waals surface area contributed by atoms with Crippen LogP contribution in [0, 0.1) is 5.95 Å². The van der Waals surface area contributed by atoms with E-state index in [1.165, 1.54) is 18.0 Å². The Balaban J connectivity index is 2.00. The maximum Gasteiger partial charge on any atom is 0.214 e. The van der Waals surface area contributed by atoms with Gasteiger partial charge in [0.1, 0.15) is 0 Å². The Hall–Kier alpha value is -0.770. The zero-order valence-corrected chi connectivity index (χ0v) is 7.98. The zero-order valence-electron chi connectivity index (χ0n) is 7.16. The van der Waals surface area contributed by atoms with Crippen LogP contribution in [-0.2, 0) is 0 Å². The molecule has 1 fully saturated rings. The molecule has 0 radical (unpaired) electrons. The summed E-state index contributed by atoms with van der Waals surface area (Å²) in [6, 6.07) is 3.72. The number of nitrogens with one attached hydrogen (secondary N) is 1. The quantitative estimate of drug-likeness (QED) is 0.737. The minimum absolute atomic E-state index is 0.421. The van der Waals surface area contributed by atoms with E-state index in [0.29, 0.717) is 6.04 Å². The summed E-state index contributed by atoms with van der Waals surface area (Å²) < 4.78 is 12.7. The molecule has 2 nitrogen and oxygen atoms in total. The van der Waals surface area contributed by atoms with Crippen LogP contribution in [0.2, 0.25) is 0 Å². The van der Waals surface area contributed by atoms with Gasteiger partial charge in [0.2, 0.25) is 5.95 Å². The van der Waals surface area contributed by atoms with Crippen molar-refractivity contribution in [2.75, 3.05) is 16.8 Å². The largest absolute Gasteiger partial charge is 0.381 e. The van der Waals surface area contributed by atoms with E-state index < -0.39 is 5.95 Å². The van der Waals surface area contributed by atoms with Crippen molar-refractivity contribution in [1.82, 2.24) is 4.98 Å². The zero-order chi connectivity index (χ0) is 9.10. The van der Waals surface area contributed by atoms with Crippen LogP contribution < -0.4 is 5.32 Å². The third kappa shape index (κ3) is 2.34. The number of hydrogen-bond donors (Lipinski definition) is 1. The maximum absolute atomic E-state index is 12.7. The van der Waals surface area contributed by atoms with Gasteiger partial charge in [-0.15, -0.1) is 0 Å². The summed E-state index contributed by atoms with van der Waals surface area (Å²) in [6.07, 6.45) is 2.65. The van der Waals surface area contributed by atoms with Crippen molar-refractivity contribution < 1.29 is 4.39 Å². The van der Waals surface area contributed by atoms with Gasteiger partial charge in [-0.1, -0.05) is 0 Å². The Labute approximate surface area is 80.9 Å². The predicted octanol–water partition coefficient (Wildman–Crippen LogP) is 2.14. The molecule has 1 saturated heterocycles. The lowest BCUT2D eigenvalue weighted by Crippen LogP contribution is -2.18. The molecule has 1 aromatic heterocycles. The van der Waals surface area contributed by atoms with Crippen molar-refractivity contribution >= 4 is 17.4 Å². The molecule has 0 amide bonds. The molecule has 0 saturated carbocycles. The van der Waals surface area contributed by atoms with Crippen LogP contribution in [0.4, 0.5) is 10.1 Å². The van der Waals surface area contributed by atoms with E-state index in [2.05, 4.69) is 10.3 Å². The molecule has 2 rings (SSSR count). The maximum atomic E-state index is 12.7. The summed E-state index contributed by atoms with van der Waals surface area (Å²) in [5.74, 6) is 1.89. The molecule has 13 heavy (non-hydrogen) atoms. The molecule has 1 unspecified atom stereocenters. The molecular formula is C9H11FN2S. The lowest BCUT2D eigenvalue weighted by atomic mass is 10.2. The van der Waals surface area contributed by atoms with E-state index in [4.69, 9.17) is 0 Å². The summed E-state index contributed by atoms with van der Waals surface area (Å²) in [5.41, 5.74) is 0.833. The summed E-state index contributed by atoms with van der Waals surface area (Å²) >= 11 is 1.93. The highest BCUT2D eigenvalue weighted by molar-refractivity contribution is 7.99. The van der Waals surface area contributed by atoms with Gasteiger partial charge in [0, 0.05) is 29.7 Å². The van der Waals surface area contributed by atoms with Crippen LogP contribution in [-0.4, -0.2) is 22.5 Å². The molecule has 1 aromatic rings. The number of thioether (sulfide) groups is 1. The number of aromatic nitrogens is 1. The van der Waals surface area contributed by atoms with Gasteiger partial charge in [0.15, 0.2) is 0 Å². The van der Waals surface area contributed by atoms with Gasteiger partial charge in [-0.2, -0.15) is 16.2 Å². The molecule has 70 valence electrons. The molecule has 0 spiro atoms. The number of hydrogen-bond acceptors (Lipinski definition) is 3. The first-order valence-electron chi connectivity index (χ1n) is 4.30. The predicted molar refractivity (Wildman–Crippen MR) is 53.5 cm³/mol. The number of halogens is 1. The molecule has 4 heteroatoms. The normalized spacial score (nSPS) is 21.8. The van der Waals surface area contributed by atoms with Gasteiger partial charge in [0.25, 0.3) is 0 Å². The van der Waals surface area contributed by atoms with Crippen LogP contribution in [0.3, 0.4) is 0 Å². The van der Waals surface area contributed by atoms with Crippen LogP contribution in [0.25, 0.3) is 0 Å². The van der Waals surface area contributed by atoms with Gasteiger partial charge in [0.05, 0.1) is 0 Å². The Morgan fingerprint density at radius 2 is 2.54 bits per heavy atom. The molecule has 0 aliphatic carbocycles. The SMILES string of the molecule is Fc1cc(NC2CCSC2)ccn1. The summed E-state index contributed by atoms with van der Waals surface area (Å²) in [5, 5.41) is 3.28. The number of nitrogens with zero attached hydrogens (tertiary/aromatic N) is 1. The fourth-order valence-corrected chi connectivity index (χ4v) is 2.53. The second-order valence-corrected chi connectivity index (χ2v) is 4.22. The molecular weight excluding hydrogens is 187 g/mol. The van der Waals surface area contributed by atoms with Crippen LogP contribution in [0.15, 0.2) is 18.3 Å². The summed E-state index contributed by atoms with van der Waals surface area (Å²) in [6.45, 7) is 0. The average molecular weight is 198 g/mol. The van der Waals surface area contributed by atoms with Gasteiger partial charge in [-0.25, -0.2) is 4.98 Å². The first-order chi connectivity index (χ1) is 6.34. The van der Waals surface area contributed by atoms with Gasteiger partial charge >= 0.3 is 0 Å². The molecule has 2 heterocycles. The third-order valence-electron chi connectivity index (χ3n) is 2.03. The standard InChI is InChI=1S/C9H11FN2S/c10-9-5-7(1-3-11-9)12-8-2-4-13-6-8/h1,3,5,8H,2,4,6H2,(H,11,12). The van der Waals surface area contributed by atoms with E-state index in [-0.39, 0.29) is 0 Å². The van der Waals surface area contributed by atoms with E-state index in [1.807, 2.05) is 11.8 Å². The molecule has 1 N–H and O–H groups in total. The number of anilines is 1. The Bertz CT molecular complexity index is 287. The fraction of sp³-hybridized carbons (Fsp3) is 0.444. The van der Waals surface area contributed by atoms with Crippen molar-refractivity contribution in [3.05, 3.63) is 24.3 Å². The van der Waals surface area contributed by atoms with Crippen molar-refractivity contribution in [2.45, 2.75) is 12.5 Å². The topological polar surface area (TPSA) is 24.9 Å². The number of rotatable bonds is 2. The van der Waals surface area contributed by atoms with Gasteiger partial charge < -0.3 is 5.32 Å². The highest BCUT2D eigenvalue weighted by atomic mass is 32.2. The third-order valence-corrected chi connectivity index (χ3v) is 3.19. The van der Waals surface area contributed by atoms with Crippen LogP contribution in [0.5, 0.6) is 0 Å².